The molecule has 0 amide bonds. The molecule has 0 heterocycles. The lowest BCUT2D eigenvalue weighted by atomic mass is 10.3. The third-order valence-electron chi connectivity index (χ3n) is 2.68. The average molecular weight is 301 g/mol. The number of carboxylic acids is 1. The molecule has 0 saturated carbocycles. The fourth-order valence-corrected chi connectivity index (χ4v) is 3.14. The van der Waals surface area contributed by atoms with Gasteiger partial charge in [0.25, 0.3) is 0 Å². The Balaban J connectivity index is 2.87. The maximum Gasteiger partial charge on any atom is 0.303 e. The highest BCUT2D eigenvalue weighted by Gasteiger charge is 2.22. The topological polar surface area (TPSA) is 83.9 Å². The standard InChI is InChI=1S/C13H19NO5S/c1-19-10-11-20(17,18)14(9-5-8-13(15)16)12-6-3-2-4-7-12/h2-4,6-7H,5,8-11H2,1H3,(H,15,16). The smallest absolute Gasteiger partial charge is 0.303 e. The van der Waals surface area contributed by atoms with Crippen LogP contribution in [0.1, 0.15) is 12.8 Å². The second-order valence-corrected chi connectivity index (χ2v) is 6.23. The Kier molecular flexibility index (Phi) is 6.47. The Morgan fingerprint density at radius 2 is 1.95 bits per heavy atom. The number of nitrogens with zero attached hydrogens (tertiary/aromatic N) is 1. The van der Waals surface area contributed by atoms with Gasteiger partial charge in [0.05, 0.1) is 18.0 Å². The fraction of sp³-hybridized carbons (Fsp3) is 0.462. The van der Waals surface area contributed by atoms with E-state index in [2.05, 4.69) is 0 Å². The van der Waals surface area contributed by atoms with Crippen molar-refractivity contribution in [1.29, 1.82) is 0 Å². The first-order chi connectivity index (χ1) is 9.47. The number of para-hydroxylation sites is 1. The number of aliphatic carboxylic acids is 1. The van der Waals surface area contributed by atoms with E-state index < -0.39 is 16.0 Å². The minimum Gasteiger partial charge on any atom is -0.481 e. The van der Waals surface area contributed by atoms with Crippen molar-refractivity contribution in [3.8, 4) is 0 Å². The molecule has 0 aliphatic heterocycles. The molecule has 0 spiro atoms. The van der Waals surface area contributed by atoms with E-state index in [1.807, 2.05) is 0 Å². The van der Waals surface area contributed by atoms with E-state index in [4.69, 9.17) is 9.84 Å². The largest absolute Gasteiger partial charge is 0.481 e. The first-order valence-electron chi connectivity index (χ1n) is 6.23. The molecule has 6 nitrogen and oxygen atoms in total. The van der Waals surface area contributed by atoms with Gasteiger partial charge in [0.1, 0.15) is 0 Å². The van der Waals surface area contributed by atoms with Crippen LogP contribution >= 0.6 is 0 Å². The van der Waals surface area contributed by atoms with Gasteiger partial charge in [-0.15, -0.1) is 0 Å². The summed E-state index contributed by atoms with van der Waals surface area (Å²) in [6, 6.07) is 8.65. The SMILES string of the molecule is COCCS(=O)(=O)N(CCCC(=O)O)c1ccccc1. The highest BCUT2D eigenvalue weighted by atomic mass is 32.2. The first-order valence-corrected chi connectivity index (χ1v) is 7.84. The van der Waals surface area contributed by atoms with Crippen molar-refractivity contribution in [3.05, 3.63) is 30.3 Å². The Morgan fingerprint density at radius 1 is 1.30 bits per heavy atom. The molecule has 0 aliphatic rings. The molecule has 0 aromatic heterocycles. The first kappa shape index (κ1) is 16.5. The number of anilines is 1. The van der Waals surface area contributed by atoms with Gasteiger partial charge < -0.3 is 9.84 Å². The van der Waals surface area contributed by atoms with E-state index >= 15 is 0 Å². The second kappa shape index (κ2) is 7.86. The zero-order chi connectivity index (χ0) is 15.0. The number of hydrogen-bond donors (Lipinski definition) is 1. The van der Waals surface area contributed by atoms with Crippen molar-refractivity contribution >= 4 is 21.7 Å². The van der Waals surface area contributed by atoms with Gasteiger partial charge in [-0.05, 0) is 18.6 Å². The molecule has 7 heteroatoms. The highest BCUT2D eigenvalue weighted by molar-refractivity contribution is 7.92. The number of carbonyl (C=O) groups is 1. The lowest BCUT2D eigenvalue weighted by Crippen LogP contribution is -2.35. The summed E-state index contributed by atoms with van der Waals surface area (Å²) >= 11 is 0. The van der Waals surface area contributed by atoms with Gasteiger partial charge in [-0.25, -0.2) is 8.42 Å². The highest BCUT2D eigenvalue weighted by Crippen LogP contribution is 2.18. The molecule has 1 rings (SSSR count). The lowest BCUT2D eigenvalue weighted by Gasteiger charge is -2.24. The van der Waals surface area contributed by atoms with Crippen molar-refractivity contribution in [2.24, 2.45) is 0 Å². The predicted molar refractivity (Wildman–Crippen MR) is 76.3 cm³/mol. The molecule has 112 valence electrons. The van der Waals surface area contributed by atoms with Gasteiger partial charge in [0, 0.05) is 20.1 Å². The maximum absolute atomic E-state index is 12.3. The van der Waals surface area contributed by atoms with E-state index in [1.165, 1.54) is 11.4 Å². The van der Waals surface area contributed by atoms with Crippen LogP contribution in [0.3, 0.4) is 0 Å². The average Bonchev–Trinajstić information content (AvgIpc) is 2.42. The predicted octanol–water partition coefficient (Wildman–Crippen LogP) is 1.33. The Labute approximate surface area is 119 Å². The van der Waals surface area contributed by atoms with Crippen LogP contribution in [-0.4, -0.2) is 45.5 Å². The minimum absolute atomic E-state index is 0.0663. The Bertz CT molecular complexity index is 515. The molecule has 1 aromatic carbocycles. The molecule has 0 radical (unpaired) electrons. The van der Waals surface area contributed by atoms with Crippen LogP contribution in [0.25, 0.3) is 0 Å². The Hall–Kier alpha value is -1.60. The van der Waals surface area contributed by atoms with E-state index in [0.29, 0.717) is 5.69 Å². The van der Waals surface area contributed by atoms with Gasteiger partial charge in [-0.1, -0.05) is 18.2 Å². The van der Waals surface area contributed by atoms with Crippen molar-refractivity contribution in [2.45, 2.75) is 12.8 Å². The van der Waals surface area contributed by atoms with Gasteiger partial charge >= 0.3 is 5.97 Å². The molecule has 20 heavy (non-hydrogen) atoms. The summed E-state index contributed by atoms with van der Waals surface area (Å²) in [6.07, 6.45) is 0.194. The normalized spacial score (nSPS) is 11.2. The summed E-state index contributed by atoms with van der Waals surface area (Å²) in [4.78, 5) is 10.6. The molecule has 0 atom stereocenters. The van der Waals surface area contributed by atoms with Crippen LogP contribution < -0.4 is 4.31 Å². The van der Waals surface area contributed by atoms with Crippen molar-refractivity contribution in [3.63, 3.8) is 0 Å². The zero-order valence-electron chi connectivity index (χ0n) is 11.4. The van der Waals surface area contributed by atoms with Crippen molar-refractivity contribution in [1.82, 2.24) is 0 Å². The van der Waals surface area contributed by atoms with Crippen LogP contribution in [-0.2, 0) is 19.6 Å². The molecule has 0 aliphatic carbocycles. The molecule has 1 N–H and O–H groups in total. The summed E-state index contributed by atoms with van der Waals surface area (Å²) in [5.74, 6) is -1.07. The molecule has 1 aromatic rings. The molecule has 0 saturated heterocycles. The van der Waals surface area contributed by atoms with Gasteiger partial charge in [0.2, 0.25) is 10.0 Å². The number of hydrogen-bond acceptors (Lipinski definition) is 4. The molecular weight excluding hydrogens is 282 g/mol. The minimum atomic E-state index is -3.52. The number of carboxylic acid groups (broad SMARTS) is 1. The number of rotatable bonds is 9. The van der Waals surface area contributed by atoms with Gasteiger partial charge in [0.15, 0.2) is 0 Å². The van der Waals surface area contributed by atoms with Crippen LogP contribution in [0.5, 0.6) is 0 Å². The van der Waals surface area contributed by atoms with E-state index in [9.17, 15) is 13.2 Å². The third kappa shape index (κ3) is 5.18. The molecule has 0 fully saturated rings. The number of ether oxygens (including phenoxy) is 1. The van der Waals surface area contributed by atoms with Gasteiger partial charge in [-0.3, -0.25) is 9.10 Å². The summed E-state index contributed by atoms with van der Waals surface area (Å²) in [5.41, 5.74) is 0.536. The van der Waals surface area contributed by atoms with Crippen LogP contribution in [0.15, 0.2) is 30.3 Å². The lowest BCUT2D eigenvalue weighted by molar-refractivity contribution is -0.137. The van der Waals surface area contributed by atoms with E-state index in [-0.39, 0.29) is 31.7 Å². The van der Waals surface area contributed by atoms with Crippen LogP contribution in [0.4, 0.5) is 5.69 Å². The number of methoxy groups -OCH3 is 1. The summed E-state index contributed by atoms with van der Waals surface area (Å²) in [6.45, 7) is 0.243. The third-order valence-corrected chi connectivity index (χ3v) is 4.42. The monoisotopic (exact) mass is 301 g/mol. The summed E-state index contributed by atoms with van der Waals surface area (Å²) < 4.78 is 30.6. The van der Waals surface area contributed by atoms with E-state index in [1.54, 1.807) is 30.3 Å². The van der Waals surface area contributed by atoms with Crippen molar-refractivity contribution < 1.29 is 23.1 Å². The number of sulfonamides is 1. The molecular formula is C13H19NO5S. The second-order valence-electron chi connectivity index (χ2n) is 4.21. The van der Waals surface area contributed by atoms with Crippen LogP contribution in [0.2, 0.25) is 0 Å². The van der Waals surface area contributed by atoms with Crippen LogP contribution in [0, 0.1) is 0 Å². The maximum atomic E-state index is 12.3. The molecule has 0 bridgehead atoms. The zero-order valence-corrected chi connectivity index (χ0v) is 12.2. The number of benzene rings is 1. The van der Waals surface area contributed by atoms with Crippen molar-refractivity contribution in [2.75, 3.05) is 30.3 Å². The summed E-state index contributed by atoms with van der Waals surface area (Å²) in [7, 11) is -2.08. The van der Waals surface area contributed by atoms with E-state index in [0.717, 1.165) is 0 Å². The quantitative estimate of drug-likeness (QED) is 0.744. The Morgan fingerprint density at radius 3 is 2.50 bits per heavy atom. The molecule has 0 unspecified atom stereocenters. The summed E-state index contributed by atoms with van der Waals surface area (Å²) in [5, 5.41) is 8.65. The fourth-order valence-electron chi connectivity index (χ4n) is 1.70. The van der Waals surface area contributed by atoms with Gasteiger partial charge in [-0.2, -0.15) is 0 Å².